The minimum absolute atomic E-state index is 0.304. The molecule has 0 saturated heterocycles. The third-order valence-electron chi connectivity index (χ3n) is 1.67. The van der Waals surface area contributed by atoms with Crippen LogP contribution in [0.25, 0.3) is 0 Å². The zero-order chi connectivity index (χ0) is 10.4. The Morgan fingerprint density at radius 3 is 2.79 bits per heavy atom. The van der Waals surface area contributed by atoms with Crippen LogP contribution in [0.3, 0.4) is 0 Å². The first-order valence-corrected chi connectivity index (χ1v) is 5.61. The Hall–Kier alpha value is -0.960. The minimum Gasteiger partial charge on any atom is -0.192 e. The maximum Gasteiger partial charge on any atom is 0.0992 e. The molecule has 0 aliphatic rings. The zero-order valence-corrected chi connectivity index (χ0v) is 9.69. The monoisotopic (exact) mass is 267 g/mol. The number of rotatable bonds is 1. The lowest BCUT2D eigenvalue weighted by Gasteiger charge is -1.99. The van der Waals surface area contributed by atoms with E-state index in [2.05, 4.69) is 33.8 Å². The van der Waals surface area contributed by atoms with E-state index in [4.69, 9.17) is 16.9 Å². The molecule has 70 valence electrons. The largest absolute Gasteiger partial charge is 0.192 e. The molecule has 3 heteroatoms. The molecule has 0 aliphatic carbocycles. The fourth-order valence-electron chi connectivity index (χ4n) is 1.01. The average Bonchev–Trinajstić information content (AvgIpc) is 2.25. The lowest BCUT2D eigenvalue weighted by Crippen LogP contribution is -1.87. The van der Waals surface area contributed by atoms with Crippen LogP contribution in [0.1, 0.15) is 16.7 Å². The second-order valence-electron chi connectivity index (χ2n) is 2.55. The molecule has 0 atom stereocenters. The number of benzene rings is 1. The summed E-state index contributed by atoms with van der Waals surface area (Å²) < 4.78 is 0. The van der Waals surface area contributed by atoms with Crippen LogP contribution in [0.15, 0.2) is 18.2 Å². The van der Waals surface area contributed by atoms with E-state index in [0.29, 0.717) is 11.4 Å². The molecule has 0 bridgehead atoms. The maximum absolute atomic E-state index is 8.72. The van der Waals surface area contributed by atoms with Gasteiger partial charge in [0.2, 0.25) is 0 Å². The molecule has 0 heterocycles. The molecule has 1 aromatic rings. The van der Waals surface area contributed by atoms with Crippen LogP contribution in [-0.4, -0.2) is 5.88 Å². The Balaban J connectivity index is 3.16. The summed E-state index contributed by atoms with van der Waals surface area (Å²) in [5.41, 5.74) is 2.55. The van der Waals surface area contributed by atoms with Gasteiger partial charge in [-0.2, -0.15) is 5.26 Å². The second-order valence-corrected chi connectivity index (χ2v) is 3.38. The zero-order valence-electron chi connectivity index (χ0n) is 7.35. The summed E-state index contributed by atoms with van der Waals surface area (Å²) >= 11 is 8.83. The van der Waals surface area contributed by atoms with Crippen molar-refractivity contribution in [2.45, 2.75) is 5.33 Å². The summed E-state index contributed by atoms with van der Waals surface area (Å²) in [4.78, 5) is 0. The van der Waals surface area contributed by atoms with Crippen molar-refractivity contribution in [1.82, 2.24) is 0 Å². The van der Waals surface area contributed by atoms with Gasteiger partial charge in [-0.05, 0) is 17.7 Å². The highest BCUT2D eigenvalue weighted by Gasteiger charge is 1.99. The van der Waals surface area contributed by atoms with Crippen molar-refractivity contribution in [2.24, 2.45) is 0 Å². The van der Waals surface area contributed by atoms with Gasteiger partial charge < -0.3 is 0 Å². The quantitative estimate of drug-likeness (QED) is 0.567. The van der Waals surface area contributed by atoms with E-state index in [-0.39, 0.29) is 0 Å². The molecule has 14 heavy (non-hydrogen) atoms. The Bertz CT molecular complexity index is 423. The molecule has 0 amide bonds. The Labute approximate surface area is 96.8 Å². The van der Waals surface area contributed by atoms with Crippen molar-refractivity contribution < 1.29 is 0 Å². The molecular weight excluding hydrogens is 261 g/mol. The summed E-state index contributed by atoms with van der Waals surface area (Å²) in [6.07, 6.45) is 0. The van der Waals surface area contributed by atoms with Gasteiger partial charge in [0.05, 0.1) is 17.5 Å². The van der Waals surface area contributed by atoms with Crippen LogP contribution < -0.4 is 0 Å². The predicted molar refractivity (Wildman–Crippen MR) is 61.4 cm³/mol. The summed E-state index contributed by atoms with van der Waals surface area (Å²) in [6.45, 7) is 0. The maximum atomic E-state index is 8.72. The molecule has 0 aromatic heterocycles. The molecule has 0 spiro atoms. The van der Waals surface area contributed by atoms with Gasteiger partial charge >= 0.3 is 0 Å². The van der Waals surface area contributed by atoms with Crippen LogP contribution in [0, 0.1) is 23.2 Å². The van der Waals surface area contributed by atoms with Crippen molar-refractivity contribution in [2.75, 3.05) is 5.88 Å². The van der Waals surface area contributed by atoms with E-state index in [9.17, 15) is 0 Å². The third kappa shape index (κ3) is 2.77. The van der Waals surface area contributed by atoms with Crippen LogP contribution in [0.5, 0.6) is 0 Å². The molecule has 1 nitrogen and oxygen atoms in total. The van der Waals surface area contributed by atoms with Gasteiger partial charge in [-0.15, -0.1) is 11.6 Å². The molecule has 0 unspecified atom stereocenters. The van der Waals surface area contributed by atoms with Crippen molar-refractivity contribution in [3.8, 4) is 17.9 Å². The van der Waals surface area contributed by atoms with E-state index in [0.717, 1.165) is 16.5 Å². The van der Waals surface area contributed by atoms with Gasteiger partial charge in [-0.25, -0.2) is 0 Å². The first-order valence-electron chi connectivity index (χ1n) is 3.95. The highest BCUT2D eigenvalue weighted by atomic mass is 79.9. The highest BCUT2D eigenvalue weighted by Crippen LogP contribution is 2.13. The van der Waals surface area contributed by atoms with E-state index in [1.807, 2.05) is 6.07 Å². The third-order valence-corrected chi connectivity index (χ3v) is 2.41. The fourth-order valence-corrected chi connectivity index (χ4v) is 1.56. The normalized spacial score (nSPS) is 8.64. The van der Waals surface area contributed by atoms with Crippen LogP contribution in [-0.2, 0) is 5.33 Å². The molecule has 0 saturated carbocycles. The number of halogens is 2. The topological polar surface area (TPSA) is 23.8 Å². The molecule has 1 rings (SSSR count). The minimum atomic E-state index is 0.304. The number of alkyl halides is 2. The molecular formula is C11H7BrClN. The molecule has 0 fully saturated rings. The van der Waals surface area contributed by atoms with Gasteiger partial charge in [0.15, 0.2) is 0 Å². The standard InChI is InChI=1S/C11H7BrClN/c12-7-11-4-3-9(8-14)6-10(11)2-1-5-13/h3-4,6H,5,7H2. The number of nitriles is 1. The van der Waals surface area contributed by atoms with Crippen LogP contribution in [0.2, 0.25) is 0 Å². The van der Waals surface area contributed by atoms with E-state index in [1.54, 1.807) is 12.1 Å². The Morgan fingerprint density at radius 2 is 2.21 bits per heavy atom. The Kier molecular flexibility index (Phi) is 4.53. The van der Waals surface area contributed by atoms with Gasteiger partial charge in [0.1, 0.15) is 0 Å². The summed E-state index contributed by atoms with van der Waals surface area (Å²) in [5.74, 6) is 6.01. The van der Waals surface area contributed by atoms with Gasteiger partial charge in [-0.1, -0.05) is 33.8 Å². The van der Waals surface area contributed by atoms with Crippen LogP contribution >= 0.6 is 27.5 Å². The van der Waals surface area contributed by atoms with Crippen LogP contribution in [0.4, 0.5) is 0 Å². The Morgan fingerprint density at radius 1 is 1.43 bits per heavy atom. The predicted octanol–water partition coefficient (Wildman–Crippen LogP) is 3.04. The second kappa shape index (κ2) is 5.70. The number of nitrogens with zero attached hydrogens (tertiary/aromatic N) is 1. The molecule has 0 radical (unpaired) electrons. The average molecular weight is 269 g/mol. The molecule has 1 aromatic carbocycles. The lowest BCUT2D eigenvalue weighted by molar-refractivity contribution is 1.38. The summed E-state index contributed by atoms with van der Waals surface area (Å²) in [6, 6.07) is 7.53. The number of hydrogen-bond donors (Lipinski definition) is 0. The smallest absolute Gasteiger partial charge is 0.0992 e. The van der Waals surface area contributed by atoms with Gasteiger partial charge in [-0.3, -0.25) is 0 Å². The molecule has 0 aliphatic heterocycles. The van der Waals surface area contributed by atoms with Crippen molar-refractivity contribution >= 4 is 27.5 Å². The SMILES string of the molecule is N#Cc1ccc(CBr)c(C#CCCl)c1. The van der Waals surface area contributed by atoms with Crippen molar-refractivity contribution in [1.29, 1.82) is 5.26 Å². The summed E-state index contributed by atoms with van der Waals surface area (Å²) in [7, 11) is 0. The van der Waals surface area contributed by atoms with Gasteiger partial charge in [0.25, 0.3) is 0 Å². The van der Waals surface area contributed by atoms with E-state index in [1.165, 1.54) is 0 Å². The highest BCUT2D eigenvalue weighted by molar-refractivity contribution is 9.08. The van der Waals surface area contributed by atoms with Crippen molar-refractivity contribution in [3.63, 3.8) is 0 Å². The van der Waals surface area contributed by atoms with E-state index < -0.39 is 0 Å². The number of hydrogen-bond acceptors (Lipinski definition) is 1. The first kappa shape index (κ1) is 11.1. The first-order chi connectivity index (χ1) is 6.81. The fraction of sp³-hybridized carbons (Fsp3) is 0.182. The van der Waals surface area contributed by atoms with E-state index >= 15 is 0 Å². The summed E-state index contributed by atoms with van der Waals surface area (Å²) in [5, 5.41) is 9.44. The van der Waals surface area contributed by atoms with Gasteiger partial charge in [0, 0.05) is 10.9 Å². The van der Waals surface area contributed by atoms with Crippen molar-refractivity contribution in [3.05, 3.63) is 34.9 Å². The molecule has 0 N–H and O–H groups in total. The lowest BCUT2D eigenvalue weighted by atomic mass is 10.1.